The number of nitrogens with one attached hydrogen (secondary N) is 2. The summed E-state index contributed by atoms with van der Waals surface area (Å²) in [6.45, 7) is 0.991. The molecule has 0 saturated carbocycles. The van der Waals surface area contributed by atoms with Crippen LogP contribution >= 0.6 is 0 Å². The van der Waals surface area contributed by atoms with E-state index in [2.05, 4.69) is 30.6 Å². The van der Waals surface area contributed by atoms with Crippen molar-refractivity contribution in [1.82, 2.24) is 29.7 Å². The van der Waals surface area contributed by atoms with Crippen LogP contribution in [0.4, 0.5) is 11.4 Å². The molecule has 2 N–H and O–H groups in total. The van der Waals surface area contributed by atoms with Gasteiger partial charge < -0.3 is 20.4 Å². The maximum Gasteiger partial charge on any atom is 0.274 e. The molecule has 2 aromatic carbocycles. The highest BCUT2D eigenvalue weighted by Crippen LogP contribution is 2.23. The number of anilines is 2. The number of carbonyl (C=O) groups excluding carboxylic acids is 4. The zero-order chi connectivity index (χ0) is 31.9. The van der Waals surface area contributed by atoms with Crippen molar-refractivity contribution in [3.8, 4) is 0 Å². The Bertz CT molecular complexity index is 1600. The molecule has 0 spiro atoms. The Labute approximate surface area is 265 Å². The van der Waals surface area contributed by atoms with Crippen LogP contribution in [0, 0.1) is 0 Å². The van der Waals surface area contributed by atoms with Gasteiger partial charge in [0.2, 0.25) is 11.8 Å². The molecular formula is C34H32N8O4. The first-order valence-electron chi connectivity index (χ1n) is 15.1. The maximum atomic E-state index is 13.0. The van der Waals surface area contributed by atoms with Crippen LogP contribution in [0.2, 0.25) is 0 Å². The first-order valence-corrected chi connectivity index (χ1v) is 15.1. The molecular weight excluding hydrogens is 584 g/mol. The maximum absolute atomic E-state index is 13.0. The highest BCUT2D eigenvalue weighted by molar-refractivity contribution is 6.01. The van der Waals surface area contributed by atoms with Gasteiger partial charge in [0.1, 0.15) is 23.5 Å². The lowest BCUT2D eigenvalue weighted by Gasteiger charge is -2.23. The summed E-state index contributed by atoms with van der Waals surface area (Å²) < 4.78 is 0. The smallest absolute Gasteiger partial charge is 0.274 e. The van der Waals surface area contributed by atoms with Crippen LogP contribution in [0.15, 0.2) is 85.7 Å². The molecule has 232 valence electrons. The molecule has 2 saturated heterocycles. The minimum Gasteiger partial charge on any atom is -0.325 e. The molecule has 2 aliphatic heterocycles. The highest BCUT2D eigenvalue weighted by atomic mass is 16.2. The van der Waals surface area contributed by atoms with Gasteiger partial charge in [-0.2, -0.15) is 0 Å². The fourth-order valence-corrected chi connectivity index (χ4v) is 5.68. The van der Waals surface area contributed by atoms with Crippen LogP contribution in [0.3, 0.4) is 0 Å². The van der Waals surface area contributed by atoms with E-state index in [1.54, 1.807) is 9.80 Å². The van der Waals surface area contributed by atoms with Crippen LogP contribution in [-0.2, 0) is 9.59 Å². The quantitative estimate of drug-likeness (QED) is 0.283. The standard InChI is InChI=1S/C34H32N8O4/c43-31(29-3-1-19-41(29)33(45)27-21-35-15-17-37-27)39-25-11-7-23(8-12-25)5-6-24-9-13-26(14-10-24)40-32(44)30-4-2-20-42(30)34(46)28-22-36-16-18-38-28/h5-18,21-22,29-30H,1-4,19-20H2,(H,39,43)(H,40,44)/b6-5+/t29-,30-/m0/s1. The van der Waals surface area contributed by atoms with E-state index in [0.29, 0.717) is 37.3 Å². The topological polar surface area (TPSA) is 150 Å². The van der Waals surface area contributed by atoms with Gasteiger partial charge in [0.25, 0.3) is 11.8 Å². The van der Waals surface area contributed by atoms with Crippen molar-refractivity contribution in [2.24, 2.45) is 0 Å². The minimum absolute atomic E-state index is 0.224. The number of hydrogen-bond donors (Lipinski definition) is 2. The van der Waals surface area contributed by atoms with Gasteiger partial charge in [0.05, 0.1) is 12.4 Å². The number of hydrogen-bond acceptors (Lipinski definition) is 8. The van der Waals surface area contributed by atoms with Gasteiger partial charge in [0, 0.05) is 49.3 Å². The molecule has 0 unspecified atom stereocenters. The Morgan fingerprint density at radius 3 is 1.39 bits per heavy atom. The number of rotatable bonds is 8. The first-order chi connectivity index (χ1) is 22.5. The van der Waals surface area contributed by atoms with Gasteiger partial charge in [0.15, 0.2) is 0 Å². The number of nitrogens with zero attached hydrogens (tertiary/aromatic N) is 6. The summed E-state index contributed by atoms with van der Waals surface area (Å²) >= 11 is 0. The lowest BCUT2D eigenvalue weighted by Crippen LogP contribution is -2.43. The average Bonchev–Trinajstić information content (AvgIpc) is 3.80. The van der Waals surface area contributed by atoms with E-state index in [-0.39, 0.29) is 35.0 Å². The van der Waals surface area contributed by atoms with Gasteiger partial charge in [-0.3, -0.25) is 29.1 Å². The molecule has 46 heavy (non-hydrogen) atoms. The largest absolute Gasteiger partial charge is 0.325 e. The molecule has 4 amide bonds. The van der Waals surface area contributed by atoms with Crippen molar-refractivity contribution in [2.45, 2.75) is 37.8 Å². The van der Waals surface area contributed by atoms with Gasteiger partial charge in [-0.05, 0) is 61.1 Å². The van der Waals surface area contributed by atoms with Crippen LogP contribution in [0.1, 0.15) is 57.8 Å². The lowest BCUT2D eigenvalue weighted by atomic mass is 10.1. The van der Waals surface area contributed by atoms with Crippen molar-refractivity contribution in [3.05, 3.63) is 108 Å². The third-order valence-electron chi connectivity index (χ3n) is 8.02. The molecule has 0 radical (unpaired) electrons. The van der Waals surface area contributed by atoms with Gasteiger partial charge in [-0.25, -0.2) is 9.97 Å². The fraction of sp³-hybridized carbons (Fsp3) is 0.235. The summed E-state index contributed by atoms with van der Waals surface area (Å²) in [5.74, 6) is -1.06. The SMILES string of the molecule is O=C(Nc1ccc(/C=C/c2ccc(NC(=O)[C@@H]3CCCN3C(=O)c3cnccn3)cc2)cc1)[C@@H]1CCCN1C(=O)c1cnccn1. The second-order valence-corrected chi connectivity index (χ2v) is 11.1. The van der Waals surface area contributed by atoms with E-state index < -0.39 is 12.1 Å². The Hall–Kier alpha value is -5.78. The Morgan fingerprint density at radius 1 is 0.609 bits per heavy atom. The Kier molecular flexibility index (Phi) is 9.14. The van der Waals surface area contributed by atoms with E-state index >= 15 is 0 Å². The van der Waals surface area contributed by atoms with E-state index in [4.69, 9.17) is 0 Å². The number of amides is 4. The van der Waals surface area contributed by atoms with E-state index in [0.717, 1.165) is 24.0 Å². The van der Waals surface area contributed by atoms with Gasteiger partial charge in [-0.1, -0.05) is 36.4 Å². The van der Waals surface area contributed by atoms with Gasteiger partial charge in [-0.15, -0.1) is 0 Å². The molecule has 12 heteroatoms. The molecule has 2 atom stereocenters. The lowest BCUT2D eigenvalue weighted by molar-refractivity contribution is -0.120. The third kappa shape index (κ3) is 6.96. The monoisotopic (exact) mass is 616 g/mol. The van der Waals surface area contributed by atoms with Crippen molar-refractivity contribution >= 4 is 47.2 Å². The molecule has 6 rings (SSSR count). The van der Waals surface area contributed by atoms with Crippen molar-refractivity contribution in [1.29, 1.82) is 0 Å². The van der Waals surface area contributed by atoms with Crippen molar-refractivity contribution in [2.75, 3.05) is 23.7 Å². The molecule has 4 heterocycles. The fourth-order valence-electron chi connectivity index (χ4n) is 5.68. The Morgan fingerprint density at radius 2 is 1.02 bits per heavy atom. The van der Waals surface area contributed by atoms with Crippen LogP contribution in [-0.4, -0.2) is 78.5 Å². The number of likely N-dealkylation sites (tertiary alicyclic amines) is 2. The van der Waals surface area contributed by atoms with Crippen LogP contribution < -0.4 is 10.6 Å². The molecule has 2 aromatic heterocycles. The number of carbonyl (C=O) groups is 4. The van der Waals surface area contributed by atoms with Crippen molar-refractivity contribution < 1.29 is 19.2 Å². The molecule has 2 aliphatic rings. The summed E-state index contributed by atoms with van der Waals surface area (Å²) in [5.41, 5.74) is 3.60. The van der Waals surface area contributed by atoms with Crippen molar-refractivity contribution in [3.63, 3.8) is 0 Å². The third-order valence-corrected chi connectivity index (χ3v) is 8.02. The van der Waals surface area contributed by atoms with Crippen LogP contribution in [0.5, 0.6) is 0 Å². The second kappa shape index (κ2) is 13.9. The highest BCUT2D eigenvalue weighted by Gasteiger charge is 2.36. The first kappa shape index (κ1) is 30.3. The number of aromatic nitrogens is 4. The van der Waals surface area contributed by atoms with E-state index in [1.807, 2.05) is 60.7 Å². The molecule has 4 aromatic rings. The Balaban J connectivity index is 1.01. The number of benzene rings is 2. The second-order valence-electron chi connectivity index (χ2n) is 11.1. The predicted octanol–water partition coefficient (Wildman–Crippen LogP) is 3.92. The summed E-state index contributed by atoms with van der Waals surface area (Å²) in [4.78, 5) is 70.9. The summed E-state index contributed by atoms with van der Waals surface area (Å²) in [5, 5.41) is 5.85. The average molecular weight is 617 g/mol. The van der Waals surface area contributed by atoms with Crippen LogP contribution in [0.25, 0.3) is 12.2 Å². The minimum atomic E-state index is -0.564. The van der Waals surface area contributed by atoms with E-state index in [9.17, 15) is 19.2 Å². The normalized spacial score (nSPS) is 17.7. The molecule has 0 aliphatic carbocycles. The predicted molar refractivity (Wildman–Crippen MR) is 171 cm³/mol. The zero-order valence-corrected chi connectivity index (χ0v) is 25.0. The summed E-state index contributed by atoms with van der Waals surface area (Å²) in [6.07, 6.45) is 15.3. The van der Waals surface area contributed by atoms with Gasteiger partial charge >= 0.3 is 0 Å². The summed E-state index contributed by atoms with van der Waals surface area (Å²) in [7, 11) is 0. The molecule has 2 fully saturated rings. The molecule has 12 nitrogen and oxygen atoms in total. The van der Waals surface area contributed by atoms with E-state index in [1.165, 1.54) is 37.2 Å². The molecule has 0 bridgehead atoms. The summed E-state index contributed by atoms with van der Waals surface area (Å²) in [6, 6.07) is 13.7. The zero-order valence-electron chi connectivity index (χ0n) is 25.0.